The van der Waals surface area contributed by atoms with Gasteiger partial charge in [0.2, 0.25) is 0 Å². The topological polar surface area (TPSA) is 55.6 Å². The van der Waals surface area contributed by atoms with E-state index in [4.69, 9.17) is 5.10 Å². The quantitative estimate of drug-likeness (QED) is 0.354. The average molecular weight is 441 g/mol. The van der Waals surface area contributed by atoms with Gasteiger partial charge in [0.25, 0.3) is 0 Å². The number of hydrogen-bond donors (Lipinski definition) is 1. The molecule has 7 heteroatoms. The first kappa shape index (κ1) is 21.1. The molecule has 0 saturated carbocycles. The lowest BCUT2D eigenvalue weighted by atomic mass is 10.2. The summed E-state index contributed by atoms with van der Waals surface area (Å²) in [4.78, 5) is 0. The van der Waals surface area contributed by atoms with Crippen LogP contribution in [0.1, 0.15) is 5.56 Å². The summed E-state index contributed by atoms with van der Waals surface area (Å²) in [6.07, 6.45) is 0. The van der Waals surface area contributed by atoms with Crippen LogP contribution in [0.5, 0.6) is 0 Å². The van der Waals surface area contributed by atoms with Crippen molar-refractivity contribution in [1.82, 2.24) is 5.43 Å². The molecule has 1 aliphatic rings. The van der Waals surface area contributed by atoms with Crippen molar-refractivity contribution >= 4 is 41.0 Å². The minimum atomic E-state index is 0. The minimum absolute atomic E-state index is 0. The van der Waals surface area contributed by atoms with E-state index in [-0.39, 0.29) is 12.4 Å². The lowest BCUT2D eigenvalue weighted by Crippen LogP contribution is -2.44. The summed E-state index contributed by atoms with van der Waals surface area (Å²) in [5.74, 6) is 0.775. The zero-order chi connectivity index (χ0) is 20.9. The Bertz CT molecular complexity index is 1200. The van der Waals surface area contributed by atoms with Gasteiger partial charge in [-0.05, 0) is 48.5 Å². The highest BCUT2D eigenvalue weighted by atomic mass is 35.5. The number of hydrazine groups is 2. The molecule has 0 fully saturated rings. The molecule has 0 radical (unpaired) electrons. The number of benzene rings is 4. The van der Waals surface area contributed by atoms with Crippen LogP contribution < -0.4 is 15.7 Å². The third kappa shape index (κ3) is 4.61. The second-order valence-electron chi connectivity index (χ2n) is 6.92. The Hall–Kier alpha value is -4.16. The Morgan fingerprint density at radius 3 is 1.72 bits per heavy atom. The van der Waals surface area contributed by atoms with Crippen LogP contribution in [0, 0.1) is 0 Å². The van der Waals surface area contributed by atoms with E-state index in [0.717, 1.165) is 34.1 Å². The molecular weight excluding hydrogens is 420 g/mol. The number of azo groups is 1. The summed E-state index contributed by atoms with van der Waals surface area (Å²) in [5.41, 5.74) is 7.89. The van der Waals surface area contributed by atoms with Gasteiger partial charge in [0.05, 0.1) is 22.7 Å². The number of para-hydroxylation sites is 1. The molecule has 1 aliphatic heterocycles. The maximum Gasteiger partial charge on any atom is 0.176 e. The molecule has 158 valence electrons. The molecule has 0 amide bonds. The van der Waals surface area contributed by atoms with Crippen molar-refractivity contribution in [2.75, 3.05) is 10.2 Å². The van der Waals surface area contributed by atoms with Gasteiger partial charge in [-0.2, -0.15) is 20.5 Å². The zero-order valence-electron chi connectivity index (χ0n) is 17.1. The summed E-state index contributed by atoms with van der Waals surface area (Å²) >= 11 is 0. The van der Waals surface area contributed by atoms with Crippen LogP contribution in [0.4, 0.5) is 22.7 Å². The van der Waals surface area contributed by atoms with E-state index in [1.807, 2.05) is 125 Å². The Morgan fingerprint density at radius 1 is 0.562 bits per heavy atom. The summed E-state index contributed by atoms with van der Waals surface area (Å²) in [6, 6.07) is 37.6. The first-order valence-corrected chi connectivity index (χ1v) is 10.00. The van der Waals surface area contributed by atoms with E-state index in [2.05, 4.69) is 15.7 Å². The van der Waals surface area contributed by atoms with Gasteiger partial charge in [-0.15, -0.1) is 17.5 Å². The minimum Gasteiger partial charge on any atom is -0.259 e. The van der Waals surface area contributed by atoms with Crippen LogP contribution in [0.2, 0.25) is 0 Å². The van der Waals surface area contributed by atoms with E-state index in [1.54, 1.807) is 0 Å². The number of nitrogens with one attached hydrogen (secondary N) is 1. The molecule has 1 heterocycles. The fourth-order valence-electron chi connectivity index (χ4n) is 3.21. The van der Waals surface area contributed by atoms with Crippen molar-refractivity contribution in [2.45, 2.75) is 0 Å². The van der Waals surface area contributed by atoms with Gasteiger partial charge in [0.1, 0.15) is 0 Å². The molecule has 0 spiro atoms. The maximum absolute atomic E-state index is 4.82. The fraction of sp³-hybridized carbons (Fsp3) is 0. The highest BCUT2D eigenvalue weighted by Gasteiger charge is 2.26. The molecule has 0 atom stereocenters. The summed E-state index contributed by atoms with van der Waals surface area (Å²) < 4.78 is 0. The Kier molecular flexibility index (Phi) is 6.43. The normalized spacial score (nSPS) is 12.9. The molecule has 6 nitrogen and oxygen atoms in total. The van der Waals surface area contributed by atoms with Crippen molar-refractivity contribution in [2.24, 2.45) is 15.3 Å². The van der Waals surface area contributed by atoms with Crippen LogP contribution in [0.15, 0.2) is 131 Å². The van der Waals surface area contributed by atoms with Gasteiger partial charge in [-0.1, -0.05) is 66.7 Å². The van der Waals surface area contributed by atoms with Crippen LogP contribution in [-0.2, 0) is 0 Å². The van der Waals surface area contributed by atoms with Crippen LogP contribution in [0.25, 0.3) is 0 Å². The fourth-order valence-corrected chi connectivity index (χ4v) is 3.21. The monoisotopic (exact) mass is 440 g/mol. The molecule has 0 unspecified atom stereocenters. The summed E-state index contributed by atoms with van der Waals surface area (Å²) in [6.45, 7) is 0. The first-order chi connectivity index (χ1) is 15.4. The molecule has 4 aromatic rings. The van der Waals surface area contributed by atoms with Crippen molar-refractivity contribution in [3.63, 3.8) is 0 Å². The van der Waals surface area contributed by atoms with Crippen LogP contribution in [-0.4, -0.2) is 5.84 Å². The molecule has 32 heavy (non-hydrogen) atoms. The van der Waals surface area contributed by atoms with Gasteiger partial charge >= 0.3 is 0 Å². The van der Waals surface area contributed by atoms with Crippen molar-refractivity contribution in [3.05, 3.63) is 121 Å². The van der Waals surface area contributed by atoms with E-state index in [0.29, 0.717) is 0 Å². The van der Waals surface area contributed by atoms with Crippen molar-refractivity contribution < 1.29 is 0 Å². The molecule has 5 rings (SSSR count). The van der Waals surface area contributed by atoms with E-state index < -0.39 is 0 Å². The Balaban J connectivity index is 0.00000245. The smallest absolute Gasteiger partial charge is 0.176 e. The number of anilines is 2. The average Bonchev–Trinajstić information content (AvgIpc) is 3.30. The molecular formula is C25H21ClN6. The third-order valence-electron chi connectivity index (χ3n) is 4.76. The third-order valence-corrected chi connectivity index (χ3v) is 4.76. The number of nitrogens with zero attached hydrogens (tertiary/aromatic N) is 5. The standard InChI is InChI=1S/C25H20N6.ClH/c1-4-10-20(11-5-1)25-28-30(23-14-8-3-9-15-23)31(29-25)24-18-16-22(17-19-24)27-26-21-12-6-2-7-13-21;/h1-19H,(H,28,29);1H. The second kappa shape index (κ2) is 9.76. The van der Waals surface area contributed by atoms with Crippen LogP contribution >= 0.6 is 12.4 Å². The number of hydrazone groups is 1. The van der Waals surface area contributed by atoms with Gasteiger partial charge in [-0.25, -0.2) is 0 Å². The van der Waals surface area contributed by atoms with E-state index in [9.17, 15) is 0 Å². The molecule has 0 bridgehead atoms. The van der Waals surface area contributed by atoms with E-state index >= 15 is 0 Å². The number of amidine groups is 1. The van der Waals surface area contributed by atoms with Crippen LogP contribution in [0.3, 0.4) is 0 Å². The van der Waals surface area contributed by atoms with Gasteiger partial charge in [-0.3, -0.25) is 5.43 Å². The van der Waals surface area contributed by atoms with Gasteiger partial charge in [0.15, 0.2) is 5.84 Å². The molecule has 0 saturated heterocycles. The number of rotatable bonds is 5. The van der Waals surface area contributed by atoms with Gasteiger partial charge in [0, 0.05) is 5.56 Å². The van der Waals surface area contributed by atoms with Crippen molar-refractivity contribution in [1.29, 1.82) is 0 Å². The predicted octanol–water partition coefficient (Wildman–Crippen LogP) is 6.63. The SMILES string of the molecule is Cl.c1ccc(N=Nc2ccc(N3N=C(c4ccccc4)NN3c3ccccc3)cc2)cc1. The molecule has 0 aromatic heterocycles. The summed E-state index contributed by atoms with van der Waals surface area (Å²) in [5, 5.41) is 17.2. The first-order valence-electron chi connectivity index (χ1n) is 10.00. The highest BCUT2D eigenvalue weighted by molar-refractivity contribution is 6.02. The van der Waals surface area contributed by atoms with Crippen molar-refractivity contribution in [3.8, 4) is 0 Å². The van der Waals surface area contributed by atoms with E-state index in [1.165, 1.54) is 0 Å². The number of hydrogen-bond acceptors (Lipinski definition) is 6. The van der Waals surface area contributed by atoms with Gasteiger partial charge < -0.3 is 0 Å². The lowest BCUT2D eigenvalue weighted by molar-refractivity contribution is 0.771. The molecule has 0 aliphatic carbocycles. The predicted molar refractivity (Wildman–Crippen MR) is 132 cm³/mol. The largest absolute Gasteiger partial charge is 0.259 e. The molecule has 1 N–H and O–H groups in total. The Labute approximate surface area is 192 Å². The maximum atomic E-state index is 4.82. The lowest BCUT2D eigenvalue weighted by Gasteiger charge is -2.27. The zero-order valence-corrected chi connectivity index (χ0v) is 17.9. The number of halogens is 1. The Morgan fingerprint density at radius 2 is 1.09 bits per heavy atom. The molecule has 4 aromatic carbocycles. The summed E-state index contributed by atoms with van der Waals surface area (Å²) in [7, 11) is 0. The second-order valence-corrected chi connectivity index (χ2v) is 6.92. The highest BCUT2D eigenvalue weighted by Crippen LogP contribution is 2.28.